The Morgan fingerprint density at radius 2 is 1.83 bits per heavy atom. The summed E-state index contributed by atoms with van der Waals surface area (Å²) < 4.78 is 6.81. The van der Waals surface area contributed by atoms with Gasteiger partial charge in [-0.2, -0.15) is 0 Å². The lowest BCUT2D eigenvalue weighted by molar-refractivity contribution is -0.134. The normalized spacial score (nSPS) is 11.5. The largest absolute Gasteiger partial charge is 0.464 e. The van der Waals surface area contributed by atoms with E-state index in [1.54, 1.807) is 12.4 Å². The molecule has 0 saturated heterocycles. The lowest BCUT2D eigenvalue weighted by atomic mass is 10.1. The molecule has 0 N–H and O–H groups in total. The van der Waals surface area contributed by atoms with Gasteiger partial charge in [-0.25, -0.2) is 14.8 Å². The number of hydrogen-bond donors (Lipinski definition) is 0. The molecule has 4 rings (SSSR count). The van der Waals surface area contributed by atoms with Gasteiger partial charge in [0, 0.05) is 43.8 Å². The third kappa shape index (κ3) is 3.80. The SMILES string of the molecule is COC(=O)/C(=C/N(C)C)n1ccc2ccc(-c3nccc(-c4ccccc4)n3)cc21. The van der Waals surface area contributed by atoms with Crippen molar-refractivity contribution in [1.82, 2.24) is 19.4 Å². The molecule has 0 bridgehead atoms. The zero-order valence-electron chi connectivity index (χ0n) is 17.1. The number of hydrogen-bond acceptors (Lipinski definition) is 5. The van der Waals surface area contributed by atoms with Gasteiger partial charge >= 0.3 is 5.97 Å². The molecule has 0 radical (unpaired) electrons. The molecule has 150 valence electrons. The molecule has 0 atom stereocenters. The van der Waals surface area contributed by atoms with Crippen LogP contribution in [-0.4, -0.2) is 46.6 Å². The summed E-state index contributed by atoms with van der Waals surface area (Å²) in [6.45, 7) is 0. The minimum absolute atomic E-state index is 0.408. The second-order valence-electron chi connectivity index (χ2n) is 7.06. The smallest absolute Gasteiger partial charge is 0.356 e. The van der Waals surface area contributed by atoms with Crippen LogP contribution in [0.3, 0.4) is 0 Å². The lowest BCUT2D eigenvalue weighted by Gasteiger charge is -2.13. The average molecular weight is 398 g/mol. The monoisotopic (exact) mass is 398 g/mol. The minimum Gasteiger partial charge on any atom is -0.464 e. The molecule has 30 heavy (non-hydrogen) atoms. The van der Waals surface area contributed by atoms with Crippen molar-refractivity contribution >= 4 is 22.6 Å². The molecular formula is C24H22N4O2. The van der Waals surface area contributed by atoms with E-state index in [1.807, 2.05) is 90.4 Å². The Hall–Kier alpha value is -3.93. The second kappa shape index (κ2) is 8.21. The highest BCUT2D eigenvalue weighted by molar-refractivity contribution is 6.12. The number of methoxy groups -OCH3 is 1. The van der Waals surface area contributed by atoms with Crippen LogP contribution in [0.5, 0.6) is 0 Å². The quantitative estimate of drug-likeness (QED) is 0.371. The fourth-order valence-corrected chi connectivity index (χ4v) is 3.31. The van der Waals surface area contributed by atoms with Crippen LogP contribution in [0.2, 0.25) is 0 Å². The Labute approximate surface area is 175 Å². The summed E-state index contributed by atoms with van der Waals surface area (Å²) in [4.78, 5) is 23.4. The van der Waals surface area contributed by atoms with Crippen molar-refractivity contribution in [2.75, 3.05) is 21.2 Å². The van der Waals surface area contributed by atoms with Gasteiger partial charge in [-0.15, -0.1) is 0 Å². The van der Waals surface area contributed by atoms with E-state index in [1.165, 1.54) is 7.11 Å². The van der Waals surface area contributed by atoms with E-state index in [2.05, 4.69) is 4.98 Å². The van der Waals surface area contributed by atoms with Crippen LogP contribution in [0.4, 0.5) is 0 Å². The molecule has 0 fully saturated rings. The lowest BCUT2D eigenvalue weighted by Crippen LogP contribution is -2.14. The number of carbonyl (C=O) groups excluding carboxylic acids is 1. The molecule has 0 aliphatic carbocycles. The first-order chi connectivity index (χ1) is 14.6. The van der Waals surface area contributed by atoms with Gasteiger partial charge in [0.2, 0.25) is 0 Å². The first-order valence-electron chi connectivity index (χ1n) is 9.53. The third-order valence-corrected chi connectivity index (χ3v) is 4.71. The molecule has 2 aromatic heterocycles. The van der Waals surface area contributed by atoms with Crippen molar-refractivity contribution in [2.45, 2.75) is 0 Å². The Bertz CT molecular complexity index is 1230. The Morgan fingerprint density at radius 3 is 2.57 bits per heavy atom. The maximum absolute atomic E-state index is 12.4. The average Bonchev–Trinajstić information content (AvgIpc) is 3.20. The van der Waals surface area contributed by atoms with Gasteiger partial charge in [-0.1, -0.05) is 42.5 Å². The van der Waals surface area contributed by atoms with E-state index in [0.717, 1.165) is 27.7 Å². The van der Waals surface area contributed by atoms with Gasteiger partial charge in [-0.3, -0.25) is 0 Å². The summed E-state index contributed by atoms with van der Waals surface area (Å²) in [5, 5.41) is 1.01. The first-order valence-corrected chi connectivity index (χ1v) is 9.53. The highest BCUT2D eigenvalue weighted by Crippen LogP contribution is 2.27. The summed E-state index contributed by atoms with van der Waals surface area (Å²) in [5.74, 6) is 0.219. The van der Waals surface area contributed by atoms with Gasteiger partial charge in [0.05, 0.1) is 18.3 Å². The van der Waals surface area contributed by atoms with Gasteiger partial charge < -0.3 is 14.2 Å². The number of aromatic nitrogens is 3. The van der Waals surface area contributed by atoms with Gasteiger partial charge in [0.25, 0.3) is 0 Å². The molecule has 6 nitrogen and oxygen atoms in total. The number of benzene rings is 2. The molecular weight excluding hydrogens is 376 g/mol. The number of ether oxygens (including phenoxy) is 1. The molecule has 0 aliphatic heterocycles. The number of carbonyl (C=O) groups is 1. The molecule has 0 saturated carbocycles. The van der Waals surface area contributed by atoms with Crippen LogP contribution in [0.15, 0.2) is 79.3 Å². The zero-order valence-corrected chi connectivity index (χ0v) is 17.1. The summed E-state index contributed by atoms with van der Waals surface area (Å²) in [6, 6.07) is 19.9. The molecule has 2 heterocycles. The molecule has 6 heteroatoms. The summed E-state index contributed by atoms with van der Waals surface area (Å²) in [7, 11) is 5.11. The van der Waals surface area contributed by atoms with Gasteiger partial charge in [0.15, 0.2) is 5.82 Å². The topological polar surface area (TPSA) is 60.2 Å². The Balaban J connectivity index is 1.81. The van der Waals surface area contributed by atoms with Crippen molar-refractivity contribution in [1.29, 1.82) is 0 Å². The second-order valence-corrected chi connectivity index (χ2v) is 7.06. The molecule has 0 spiro atoms. The van der Waals surface area contributed by atoms with E-state index in [-0.39, 0.29) is 0 Å². The van der Waals surface area contributed by atoms with E-state index < -0.39 is 5.97 Å². The third-order valence-electron chi connectivity index (χ3n) is 4.71. The van der Waals surface area contributed by atoms with Crippen LogP contribution in [0.1, 0.15) is 0 Å². The molecule has 0 amide bonds. The number of rotatable bonds is 5. The number of fused-ring (bicyclic) bond motifs is 1. The Kier molecular flexibility index (Phi) is 5.30. The fourth-order valence-electron chi connectivity index (χ4n) is 3.31. The molecule has 0 unspecified atom stereocenters. The first kappa shape index (κ1) is 19.4. The van der Waals surface area contributed by atoms with Crippen molar-refractivity contribution in [2.24, 2.45) is 0 Å². The van der Waals surface area contributed by atoms with Crippen LogP contribution < -0.4 is 0 Å². The maximum Gasteiger partial charge on any atom is 0.356 e. The van der Waals surface area contributed by atoms with E-state index >= 15 is 0 Å². The number of esters is 1. The molecule has 2 aromatic carbocycles. The zero-order chi connectivity index (χ0) is 21.1. The van der Waals surface area contributed by atoms with E-state index in [9.17, 15) is 4.79 Å². The molecule has 0 aliphatic rings. The van der Waals surface area contributed by atoms with Crippen LogP contribution in [0.25, 0.3) is 39.2 Å². The summed E-state index contributed by atoms with van der Waals surface area (Å²) in [5.41, 5.74) is 4.06. The molecule has 4 aromatic rings. The van der Waals surface area contributed by atoms with E-state index in [0.29, 0.717) is 11.5 Å². The van der Waals surface area contributed by atoms with Crippen LogP contribution in [-0.2, 0) is 9.53 Å². The van der Waals surface area contributed by atoms with Crippen molar-refractivity contribution in [3.63, 3.8) is 0 Å². The number of nitrogens with zero attached hydrogens (tertiary/aromatic N) is 4. The van der Waals surface area contributed by atoms with Crippen LogP contribution >= 0.6 is 0 Å². The highest BCUT2D eigenvalue weighted by atomic mass is 16.5. The summed E-state index contributed by atoms with van der Waals surface area (Å²) >= 11 is 0. The van der Waals surface area contributed by atoms with Gasteiger partial charge in [0.1, 0.15) is 5.70 Å². The predicted octanol–water partition coefficient (Wildman–Crippen LogP) is 4.30. The predicted molar refractivity (Wildman–Crippen MR) is 118 cm³/mol. The minimum atomic E-state index is -0.408. The summed E-state index contributed by atoms with van der Waals surface area (Å²) in [6.07, 6.45) is 5.37. The van der Waals surface area contributed by atoms with Crippen molar-refractivity contribution in [3.8, 4) is 22.6 Å². The van der Waals surface area contributed by atoms with Crippen LogP contribution in [0, 0.1) is 0 Å². The fraction of sp³-hybridized carbons (Fsp3) is 0.125. The van der Waals surface area contributed by atoms with Gasteiger partial charge in [-0.05, 0) is 23.6 Å². The standard InChI is InChI=1S/C24H22N4O2/c1-27(2)16-22(24(29)30-3)28-14-12-18-9-10-19(15-21(18)28)23-25-13-11-20(26-23)17-7-5-4-6-8-17/h4-16H,1-3H3/b22-16-. The Morgan fingerprint density at radius 1 is 1.03 bits per heavy atom. The van der Waals surface area contributed by atoms with Crippen molar-refractivity contribution < 1.29 is 9.53 Å². The van der Waals surface area contributed by atoms with E-state index in [4.69, 9.17) is 9.72 Å². The van der Waals surface area contributed by atoms with Crippen molar-refractivity contribution in [3.05, 3.63) is 79.3 Å². The maximum atomic E-state index is 12.4. The highest BCUT2D eigenvalue weighted by Gasteiger charge is 2.16.